The van der Waals surface area contributed by atoms with Crippen LogP contribution in [0.4, 0.5) is 27.3 Å². The number of hydrogen-bond acceptors (Lipinski definition) is 6. The number of halogens is 2. The number of nitrogens with one attached hydrogen (secondary N) is 2. The summed E-state index contributed by atoms with van der Waals surface area (Å²) in [6.45, 7) is 0.354. The van der Waals surface area contributed by atoms with Crippen LogP contribution in [0.2, 0.25) is 5.02 Å². The van der Waals surface area contributed by atoms with Crippen LogP contribution in [-0.4, -0.2) is 22.5 Å². The normalized spacial score (nSPS) is 10.7. The van der Waals surface area contributed by atoms with Crippen LogP contribution < -0.4 is 21.1 Å². The molecule has 0 fully saturated rings. The van der Waals surface area contributed by atoms with E-state index in [1.807, 2.05) is 24.3 Å². The topological polar surface area (TPSA) is 102 Å². The number of nitrogens with zero attached hydrogens (tertiary/aromatic N) is 2. The molecule has 4 rings (SSSR count). The number of benzene rings is 3. The summed E-state index contributed by atoms with van der Waals surface area (Å²) in [5.41, 5.74) is 8.27. The molecule has 1 heterocycles. The second-order valence-electron chi connectivity index (χ2n) is 7.24. The third kappa shape index (κ3) is 5.67. The van der Waals surface area contributed by atoms with Crippen molar-refractivity contribution in [3.63, 3.8) is 0 Å². The van der Waals surface area contributed by atoms with Crippen LogP contribution in [0.5, 0.6) is 5.75 Å². The van der Waals surface area contributed by atoms with E-state index < -0.39 is 5.82 Å². The summed E-state index contributed by atoms with van der Waals surface area (Å²) < 4.78 is 19.3. The van der Waals surface area contributed by atoms with E-state index >= 15 is 0 Å². The Kier molecular flexibility index (Phi) is 6.85. The van der Waals surface area contributed by atoms with Crippen molar-refractivity contribution in [3.8, 4) is 5.75 Å². The lowest BCUT2D eigenvalue weighted by Gasteiger charge is -2.11. The molecule has 7 nitrogen and oxygen atoms in total. The monoisotopic (exact) mass is 465 g/mol. The Morgan fingerprint density at radius 3 is 2.76 bits per heavy atom. The maximum Gasteiger partial charge on any atom is 0.224 e. The molecule has 0 saturated heterocycles. The first-order valence-corrected chi connectivity index (χ1v) is 10.6. The van der Waals surface area contributed by atoms with Crippen molar-refractivity contribution < 1.29 is 13.9 Å². The van der Waals surface area contributed by atoms with Gasteiger partial charge >= 0.3 is 0 Å². The van der Waals surface area contributed by atoms with Crippen LogP contribution in [0, 0.1) is 5.82 Å². The van der Waals surface area contributed by atoms with Gasteiger partial charge in [0.05, 0.1) is 28.5 Å². The molecule has 0 spiro atoms. The first kappa shape index (κ1) is 22.3. The van der Waals surface area contributed by atoms with Gasteiger partial charge in [0, 0.05) is 17.5 Å². The van der Waals surface area contributed by atoms with Gasteiger partial charge in [-0.3, -0.25) is 4.79 Å². The minimum atomic E-state index is -0.494. The van der Waals surface area contributed by atoms with Gasteiger partial charge in [-0.25, -0.2) is 14.4 Å². The van der Waals surface area contributed by atoms with Crippen molar-refractivity contribution >= 4 is 51.3 Å². The second kappa shape index (κ2) is 10.1. The summed E-state index contributed by atoms with van der Waals surface area (Å²) in [5, 5.41) is 6.67. The Labute approximate surface area is 194 Å². The van der Waals surface area contributed by atoms with Crippen LogP contribution >= 0.6 is 11.6 Å². The minimum absolute atomic E-state index is 0.0152. The lowest BCUT2D eigenvalue weighted by atomic mass is 10.2. The zero-order chi connectivity index (χ0) is 23.2. The molecule has 4 N–H and O–H groups in total. The highest BCUT2D eigenvalue weighted by molar-refractivity contribution is 6.31. The van der Waals surface area contributed by atoms with Gasteiger partial charge in [0.15, 0.2) is 0 Å². The van der Waals surface area contributed by atoms with Crippen molar-refractivity contribution in [2.75, 3.05) is 23.0 Å². The molecule has 0 atom stereocenters. The third-order valence-electron chi connectivity index (χ3n) is 4.84. The summed E-state index contributed by atoms with van der Waals surface area (Å²) in [7, 11) is 0. The highest BCUT2D eigenvalue weighted by Crippen LogP contribution is 2.28. The van der Waals surface area contributed by atoms with E-state index in [2.05, 4.69) is 20.6 Å². The van der Waals surface area contributed by atoms with Crippen LogP contribution in [0.1, 0.15) is 12.8 Å². The first-order chi connectivity index (χ1) is 16.0. The first-order valence-electron chi connectivity index (χ1n) is 10.2. The van der Waals surface area contributed by atoms with E-state index in [4.69, 9.17) is 22.1 Å². The van der Waals surface area contributed by atoms with Gasteiger partial charge in [-0.2, -0.15) is 0 Å². The molecule has 9 heteroatoms. The number of hydrogen-bond donors (Lipinski definition) is 3. The van der Waals surface area contributed by atoms with Gasteiger partial charge in [-0.15, -0.1) is 0 Å². The van der Waals surface area contributed by atoms with E-state index in [0.717, 1.165) is 5.39 Å². The number of anilines is 4. The molecule has 168 valence electrons. The lowest BCUT2D eigenvalue weighted by Crippen LogP contribution is -2.13. The largest absolute Gasteiger partial charge is 0.494 e. The summed E-state index contributed by atoms with van der Waals surface area (Å²) in [5.74, 6) is 0.525. The van der Waals surface area contributed by atoms with Crippen molar-refractivity contribution in [2.45, 2.75) is 12.8 Å². The Morgan fingerprint density at radius 2 is 1.94 bits per heavy atom. The molecule has 1 amide bonds. The molecule has 4 aromatic rings. The van der Waals surface area contributed by atoms with Crippen LogP contribution in [0.3, 0.4) is 0 Å². The fourth-order valence-corrected chi connectivity index (χ4v) is 3.36. The number of para-hydroxylation sites is 2. The maximum atomic E-state index is 13.4. The quantitative estimate of drug-likeness (QED) is 0.233. The van der Waals surface area contributed by atoms with Gasteiger partial charge in [0.1, 0.15) is 23.7 Å². The number of nitrogens with two attached hydrogens (primary N) is 1. The highest BCUT2D eigenvalue weighted by Gasteiger charge is 2.09. The third-order valence-corrected chi connectivity index (χ3v) is 5.13. The molecule has 33 heavy (non-hydrogen) atoms. The van der Waals surface area contributed by atoms with Crippen LogP contribution in [-0.2, 0) is 4.79 Å². The van der Waals surface area contributed by atoms with Crippen LogP contribution in [0.15, 0.2) is 67.0 Å². The fraction of sp³-hybridized carbons (Fsp3) is 0.125. The average molecular weight is 466 g/mol. The maximum absolute atomic E-state index is 13.4. The molecule has 0 bridgehead atoms. The van der Waals surface area contributed by atoms with E-state index in [-0.39, 0.29) is 10.9 Å². The molecule has 0 saturated carbocycles. The number of nitrogen functional groups attached to an aromatic ring is 1. The van der Waals surface area contributed by atoms with E-state index in [0.29, 0.717) is 53.6 Å². The number of carbonyl (C=O) groups excluding carboxylic acids is 1. The summed E-state index contributed by atoms with van der Waals surface area (Å²) >= 11 is 5.87. The lowest BCUT2D eigenvalue weighted by molar-refractivity contribution is -0.116. The predicted molar refractivity (Wildman–Crippen MR) is 128 cm³/mol. The summed E-state index contributed by atoms with van der Waals surface area (Å²) in [6, 6.07) is 16.9. The molecule has 3 aromatic carbocycles. The fourth-order valence-electron chi connectivity index (χ4n) is 3.18. The Hall–Kier alpha value is -3.91. The van der Waals surface area contributed by atoms with Crippen molar-refractivity contribution in [3.05, 3.63) is 77.8 Å². The van der Waals surface area contributed by atoms with Crippen molar-refractivity contribution in [1.82, 2.24) is 9.97 Å². The van der Waals surface area contributed by atoms with Crippen molar-refractivity contribution in [2.24, 2.45) is 0 Å². The Morgan fingerprint density at radius 1 is 1.09 bits per heavy atom. The molecule has 0 unspecified atom stereocenters. The van der Waals surface area contributed by atoms with E-state index in [1.54, 1.807) is 24.3 Å². The molecular weight excluding hydrogens is 445 g/mol. The van der Waals surface area contributed by atoms with E-state index in [1.165, 1.54) is 18.5 Å². The predicted octanol–water partition coefficient (Wildman–Crippen LogP) is 5.55. The molecule has 1 aromatic heterocycles. The Bertz CT molecular complexity index is 1300. The number of fused-ring (bicyclic) bond motifs is 1. The number of ether oxygens (including phenoxy) is 1. The summed E-state index contributed by atoms with van der Waals surface area (Å²) in [6.07, 6.45) is 2.26. The molecule has 0 aliphatic rings. The van der Waals surface area contributed by atoms with Gasteiger partial charge in [0.2, 0.25) is 5.91 Å². The number of carbonyl (C=O) groups is 1. The second-order valence-corrected chi connectivity index (χ2v) is 7.65. The molecular formula is C24H21ClFN5O2. The van der Waals surface area contributed by atoms with Gasteiger partial charge in [-0.1, -0.05) is 23.7 Å². The number of amides is 1. The van der Waals surface area contributed by atoms with E-state index in [9.17, 15) is 9.18 Å². The van der Waals surface area contributed by atoms with Crippen LogP contribution in [0.25, 0.3) is 10.9 Å². The van der Waals surface area contributed by atoms with Gasteiger partial charge in [0.25, 0.3) is 0 Å². The zero-order valence-electron chi connectivity index (χ0n) is 17.5. The minimum Gasteiger partial charge on any atom is -0.494 e. The molecule has 0 aliphatic heterocycles. The van der Waals surface area contributed by atoms with Crippen molar-refractivity contribution in [1.29, 1.82) is 0 Å². The zero-order valence-corrected chi connectivity index (χ0v) is 18.3. The highest BCUT2D eigenvalue weighted by atomic mass is 35.5. The number of rotatable bonds is 8. The van der Waals surface area contributed by atoms with Gasteiger partial charge < -0.3 is 21.1 Å². The average Bonchev–Trinajstić information content (AvgIpc) is 2.81. The number of aromatic nitrogens is 2. The Balaban J connectivity index is 1.37. The smallest absolute Gasteiger partial charge is 0.224 e. The molecule has 0 aliphatic carbocycles. The van der Waals surface area contributed by atoms with Gasteiger partial charge in [-0.05, 0) is 55.0 Å². The summed E-state index contributed by atoms with van der Waals surface area (Å²) in [4.78, 5) is 20.7. The molecule has 0 radical (unpaired) electrons. The SMILES string of the molecule is Nc1ccccc1NC(=O)CCCOc1ccc2ncnc(Nc3ccc(F)c(Cl)c3)c2c1. The standard InChI is InChI=1S/C24H21ClFN5O2/c25-18-12-15(7-9-19(18)26)30-24-17-13-16(8-10-21(17)28-14-29-24)33-11-3-6-23(32)31-22-5-2-1-4-20(22)27/h1-2,4-5,7-10,12-14H,3,6,11,27H2,(H,31,32)(H,28,29,30).